The van der Waals surface area contributed by atoms with Crippen molar-refractivity contribution in [3.63, 3.8) is 0 Å². The second-order valence-electron chi connectivity index (χ2n) is 6.54. The molecule has 0 aromatic heterocycles. The Morgan fingerprint density at radius 1 is 1.38 bits per heavy atom. The van der Waals surface area contributed by atoms with Crippen molar-refractivity contribution in [1.29, 1.82) is 0 Å². The molecule has 1 aliphatic carbocycles. The summed E-state index contributed by atoms with van der Waals surface area (Å²) in [6.07, 6.45) is 7.45. The summed E-state index contributed by atoms with van der Waals surface area (Å²) in [7, 11) is 0. The predicted octanol–water partition coefficient (Wildman–Crippen LogP) is 5.60. The summed E-state index contributed by atoms with van der Waals surface area (Å²) in [5.74, 6) is 0.571. The third-order valence-corrected chi connectivity index (χ3v) is 4.66. The molecule has 2 unspecified atom stereocenters. The number of hydrogen-bond donors (Lipinski definition) is 0. The van der Waals surface area contributed by atoms with Crippen LogP contribution in [0.25, 0.3) is 5.57 Å². The fourth-order valence-electron chi connectivity index (χ4n) is 2.73. The maximum atomic E-state index is 13.3. The molecule has 21 heavy (non-hydrogen) atoms. The van der Waals surface area contributed by atoms with Crippen LogP contribution in [0.15, 0.2) is 30.3 Å². The Balaban J connectivity index is 1.91. The minimum Gasteiger partial charge on any atom is -0.375 e. The first-order chi connectivity index (χ1) is 10.0. The van der Waals surface area contributed by atoms with E-state index >= 15 is 0 Å². The van der Waals surface area contributed by atoms with E-state index in [9.17, 15) is 4.39 Å². The summed E-state index contributed by atoms with van der Waals surface area (Å²) >= 11 is 0. The standard InChI is InChI=1S/C19H27FO/c1-4-15(2)10-13-21-19(3)11-8-16(9-12-19)17-6-5-7-18(20)14-17/h5-8,14-15H,4,9-13H2,1-3H3. The lowest BCUT2D eigenvalue weighted by atomic mass is 9.84. The van der Waals surface area contributed by atoms with Crippen LogP contribution < -0.4 is 0 Å². The van der Waals surface area contributed by atoms with Crippen LogP contribution in [0.2, 0.25) is 0 Å². The molecule has 0 fully saturated rings. The highest BCUT2D eigenvalue weighted by Crippen LogP contribution is 2.35. The molecular weight excluding hydrogens is 263 g/mol. The van der Waals surface area contributed by atoms with E-state index in [0.29, 0.717) is 0 Å². The number of halogens is 1. The van der Waals surface area contributed by atoms with E-state index < -0.39 is 0 Å². The van der Waals surface area contributed by atoms with Crippen LogP contribution in [-0.4, -0.2) is 12.2 Å². The zero-order chi connectivity index (χ0) is 15.3. The summed E-state index contributed by atoms with van der Waals surface area (Å²) in [5.41, 5.74) is 2.21. The highest BCUT2D eigenvalue weighted by Gasteiger charge is 2.28. The molecule has 1 nitrogen and oxygen atoms in total. The van der Waals surface area contributed by atoms with Crippen LogP contribution in [0.4, 0.5) is 4.39 Å². The lowest BCUT2D eigenvalue weighted by Crippen LogP contribution is -2.31. The Morgan fingerprint density at radius 3 is 2.81 bits per heavy atom. The minimum atomic E-state index is -0.161. The normalized spacial score (nSPS) is 23.7. The van der Waals surface area contributed by atoms with Crippen LogP contribution in [-0.2, 0) is 4.74 Å². The lowest BCUT2D eigenvalue weighted by Gasteiger charge is -2.33. The number of ether oxygens (including phenoxy) is 1. The molecule has 0 amide bonds. The molecule has 0 spiro atoms. The van der Waals surface area contributed by atoms with Gasteiger partial charge < -0.3 is 4.74 Å². The average Bonchev–Trinajstić information content (AvgIpc) is 2.47. The Morgan fingerprint density at radius 2 is 2.19 bits per heavy atom. The summed E-state index contributed by atoms with van der Waals surface area (Å²) in [6, 6.07) is 6.89. The van der Waals surface area contributed by atoms with Gasteiger partial charge in [0, 0.05) is 6.61 Å². The second-order valence-corrected chi connectivity index (χ2v) is 6.54. The van der Waals surface area contributed by atoms with Crippen LogP contribution in [0.1, 0.15) is 58.4 Å². The monoisotopic (exact) mass is 290 g/mol. The van der Waals surface area contributed by atoms with Gasteiger partial charge in [0.05, 0.1) is 5.60 Å². The molecule has 0 saturated carbocycles. The summed E-state index contributed by atoms with van der Waals surface area (Å²) in [4.78, 5) is 0. The predicted molar refractivity (Wildman–Crippen MR) is 86.7 cm³/mol. The largest absolute Gasteiger partial charge is 0.375 e. The molecule has 0 N–H and O–H groups in total. The fraction of sp³-hybridized carbons (Fsp3) is 0.579. The average molecular weight is 290 g/mol. The molecule has 1 aromatic rings. The summed E-state index contributed by atoms with van der Waals surface area (Å²) < 4.78 is 19.4. The first-order valence-electron chi connectivity index (χ1n) is 8.11. The summed E-state index contributed by atoms with van der Waals surface area (Å²) in [6.45, 7) is 7.53. The second kappa shape index (κ2) is 7.22. The van der Waals surface area contributed by atoms with Gasteiger partial charge in [0.15, 0.2) is 0 Å². The highest BCUT2D eigenvalue weighted by molar-refractivity contribution is 5.66. The van der Waals surface area contributed by atoms with Gasteiger partial charge in [-0.25, -0.2) is 4.39 Å². The lowest BCUT2D eigenvalue weighted by molar-refractivity contribution is -0.0413. The number of allylic oxidation sites excluding steroid dienone is 1. The van der Waals surface area contributed by atoms with Gasteiger partial charge in [-0.2, -0.15) is 0 Å². The van der Waals surface area contributed by atoms with Crippen LogP contribution in [0.5, 0.6) is 0 Å². The van der Waals surface area contributed by atoms with Crippen molar-refractivity contribution in [2.24, 2.45) is 5.92 Å². The van der Waals surface area contributed by atoms with Crippen LogP contribution >= 0.6 is 0 Å². The van der Waals surface area contributed by atoms with Crippen LogP contribution in [0.3, 0.4) is 0 Å². The van der Waals surface area contributed by atoms with E-state index in [0.717, 1.165) is 43.8 Å². The number of rotatable bonds is 6. The summed E-state index contributed by atoms with van der Waals surface area (Å²) in [5, 5.41) is 0. The SMILES string of the molecule is CCC(C)CCOC1(C)CC=C(c2cccc(F)c2)CC1. The van der Waals surface area contributed by atoms with Gasteiger partial charge in [-0.1, -0.05) is 38.5 Å². The van der Waals surface area contributed by atoms with E-state index in [-0.39, 0.29) is 11.4 Å². The molecule has 116 valence electrons. The van der Waals surface area contributed by atoms with Crippen molar-refractivity contribution >= 4 is 5.57 Å². The van der Waals surface area contributed by atoms with Gasteiger partial charge in [-0.3, -0.25) is 0 Å². The fourth-order valence-corrected chi connectivity index (χ4v) is 2.73. The maximum absolute atomic E-state index is 13.3. The molecular formula is C19H27FO. The maximum Gasteiger partial charge on any atom is 0.123 e. The first-order valence-corrected chi connectivity index (χ1v) is 8.11. The van der Waals surface area contributed by atoms with E-state index in [1.807, 2.05) is 6.07 Å². The zero-order valence-corrected chi connectivity index (χ0v) is 13.5. The van der Waals surface area contributed by atoms with E-state index in [2.05, 4.69) is 26.8 Å². The molecule has 0 radical (unpaired) electrons. The smallest absolute Gasteiger partial charge is 0.123 e. The van der Waals surface area contributed by atoms with Crippen molar-refractivity contribution in [1.82, 2.24) is 0 Å². The Hall–Kier alpha value is -1.15. The Kier molecular flexibility index (Phi) is 5.58. The van der Waals surface area contributed by atoms with Crippen molar-refractivity contribution in [3.05, 3.63) is 41.7 Å². The third kappa shape index (κ3) is 4.67. The molecule has 2 atom stereocenters. The van der Waals surface area contributed by atoms with Gasteiger partial charge in [0.1, 0.15) is 5.82 Å². The van der Waals surface area contributed by atoms with Crippen molar-refractivity contribution in [3.8, 4) is 0 Å². The Bertz CT molecular complexity index is 494. The molecule has 0 saturated heterocycles. The van der Waals surface area contributed by atoms with Gasteiger partial charge in [0.2, 0.25) is 0 Å². The van der Waals surface area contributed by atoms with Gasteiger partial charge in [0.25, 0.3) is 0 Å². The number of hydrogen-bond acceptors (Lipinski definition) is 1. The topological polar surface area (TPSA) is 9.23 Å². The number of benzene rings is 1. The van der Waals surface area contributed by atoms with Gasteiger partial charge >= 0.3 is 0 Å². The molecule has 2 rings (SSSR count). The van der Waals surface area contributed by atoms with E-state index in [4.69, 9.17) is 4.74 Å². The van der Waals surface area contributed by atoms with Crippen LogP contribution in [0, 0.1) is 11.7 Å². The molecule has 0 aliphatic heterocycles. The van der Waals surface area contributed by atoms with Gasteiger partial charge in [-0.15, -0.1) is 0 Å². The molecule has 1 aliphatic rings. The van der Waals surface area contributed by atoms with Crippen molar-refractivity contribution in [2.45, 2.75) is 58.5 Å². The highest BCUT2D eigenvalue weighted by atomic mass is 19.1. The molecule has 2 heteroatoms. The third-order valence-electron chi connectivity index (χ3n) is 4.66. The van der Waals surface area contributed by atoms with Gasteiger partial charge in [-0.05, 0) is 61.8 Å². The van der Waals surface area contributed by atoms with E-state index in [1.54, 1.807) is 12.1 Å². The Labute approximate surface area is 128 Å². The zero-order valence-electron chi connectivity index (χ0n) is 13.5. The quantitative estimate of drug-likeness (QED) is 0.662. The molecule has 0 bridgehead atoms. The first kappa shape index (κ1) is 16.2. The molecule has 0 heterocycles. The molecule has 1 aromatic carbocycles. The minimum absolute atomic E-state index is 0.0513. The van der Waals surface area contributed by atoms with Crippen molar-refractivity contribution < 1.29 is 9.13 Å². The van der Waals surface area contributed by atoms with E-state index in [1.165, 1.54) is 18.1 Å². The van der Waals surface area contributed by atoms with Crippen molar-refractivity contribution in [2.75, 3.05) is 6.61 Å².